The van der Waals surface area contributed by atoms with Crippen molar-refractivity contribution in [2.75, 3.05) is 10.6 Å². The summed E-state index contributed by atoms with van der Waals surface area (Å²) < 4.78 is 4.40. The molecule has 0 atom stereocenters. The molecule has 0 aliphatic carbocycles. The standard InChI is InChI=1S/C26H24N8O3/c35-24(18-32-12-5-11-28-32)29-21-8-3-6-19(14-21)16-27-25(36)30-22-9-4-7-20(15-22)17-34-26(37)33-13-2-1-10-23(33)31-34/h1-15H,16-18H2,(H,29,35)(H2,27,30,36). The van der Waals surface area contributed by atoms with Gasteiger partial charge in [-0.1, -0.05) is 30.3 Å². The highest BCUT2D eigenvalue weighted by molar-refractivity contribution is 5.91. The van der Waals surface area contributed by atoms with Crippen LogP contribution in [0.2, 0.25) is 0 Å². The first-order valence-corrected chi connectivity index (χ1v) is 11.6. The van der Waals surface area contributed by atoms with Crippen LogP contribution in [-0.4, -0.2) is 35.9 Å². The first-order chi connectivity index (χ1) is 18.0. The van der Waals surface area contributed by atoms with Crippen molar-refractivity contribution in [2.24, 2.45) is 0 Å². The summed E-state index contributed by atoms with van der Waals surface area (Å²) in [7, 11) is 0. The summed E-state index contributed by atoms with van der Waals surface area (Å²) in [6.45, 7) is 0.657. The van der Waals surface area contributed by atoms with E-state index in [1.165, 1.54) is 13.8 Å². The van der Waals surface area contributed by atoms with E-state index >= 15 is 0 Å². The van der Waals surface area contributed by atoms with Gasteiger partial charge in [0.25, 0.3) is 0 Å². The summed E-state index contributed by atoms with van der Waals surface area (Å²) in [5.74, 6) is -0.197. The van der Waals surface area contributed by atoms with E-state index in [0.717, 1.165) is 11.1 Å². The van der Waals surface area contributed by atoms with E-state index < -0.39 is 0 Å². The van der Waals surface area contributed by atoms with Gasteiger partial charge in [0.05, 0.1) is 6.54 Å². The highest BCUT2D eigenvalue weighted by atomic mass is 16.2. The molecule has 0 bridgehead atoms. The highest BCUT2D eigenvalue weighted by Gasteiger charge is 2.09. The van der Waals surface area contributed by atoms with Crippen LogP contribution in [0.4, 0.5) is 16.2 Å². The monoisotopic (exact) mass is 496 g/mol. The van der Waals surface area contributed by atoms with Crippen molar-refractivity contribution in [3.8, 4) is 0 Å². The van der Waals surface area contributed by atoms with Crippen molar-refractivity contribution in [1.82, 2.24) is 29.3 Å². The van der Waals surface area contributed by atoms with Gasteiger partial charge in [0.15, 0.2) is 5.65 Å². The molecule has 0 unspecified atom stereocenters. The number of fused-ring (bicyclic) bond motifs is 1. The number of amides is 3. The Balaban J connectivity index is 1.16. The summed E-state index contributed by atoms with van der Waals surface area (Å²) in [4.78, 5) is 37.2. The maximum Gasteiger partial charge on any atom is 0.350 e. The zero-order chi connectivity index (χ0) is 25.6. The van der Waals surface area contributed by atoms with Crippen molar-refractivity contribution in [2.45, 2.75) is 19.6 Å². The van der Waals surface area contributed by atoms with Crippen LogP contribution in [0.3, 0.4) is 0 Å². The van der Waals surface area contributed by atoms with Crippen LogP contribution in [0.5, 0.6) is 0 Å². The molecule has 0 fully saturated rings. The molecule has 3 N–H and O–H groups in total. The zero-order valence-corrected chi connectivity index (χ0v) is 19.7. The number of carbonyl (C=O) groups excluding carboxylic acids is 2. The lowest BCUT2D eigenvalue weighted by Gasteiger charge is -2.11. The number of carbonyl (C=O) groups is 2. The van der Waals surface area contributed by atoms with Crippen LogP contribution < -0.4 is 21.6 Å². The van der Waals surface area contributed by atoms with E-state index in [1.807, 2.05) is 24.3 Å². The Morgan fingerprint density at radius 3 is 2.41 bits per heavy atom. The van der Waals surface area contributed by atoms with Gasteiger partial charge in [0.1, 0.15) is 6.54 Å². The molecule has 5 aromatic rings. The summed E-state index contributed by atoms with van der Waals surface area (Å²) in [5.41, 5.74) is 3.21. The average Bonchev–Trinajstić information content (AvgIpc) is 3.51. The molecule has 0 aliphatic rings. The Morgan fingerprint density at radius 1 is 0.838 bits per heavy atom. The Bertz CT molecular complexity index is 1600. The molecule has 11 heteroatoms. The maximum absolute atomic E-state index is 12.5. The van der Waals surface area contributed by atoms with Gasteiger partial charge >= 0.3 is 11.7 Å². The third-order valence-electron chi connectivity index (χ3n) is 5.53. The molecule has 0 spiro atoms. The number of anilines is 2. The average molecular weight is 497 g/mol. The fraction of sp³-hybridized carbons (Fsp3) is 0.115. The quantitative estimate of drug-likeness (QED) is 0.304. The van der Waals surface area contributed by atoms with Crippen LogP contribution in [-0.2, 0) is 24.4 Å². The summed E-state index contributed by atoms with van der Waals surface area (Å²) in [6, 6.07) is 21.2. The molecule has 0 aliphatic heterocycles. The second kappa shape index (κ2) is 10.6. The van der Waals surface area contributed by atoms with Crippen molar-refractivity contribution in [3.05, 3.63) is 113 Å². The summed E-state index contributed by atoms with van der Waals surface area (Å²) in [6.07, 6.45) is 5.01. The molecule has 3 heterocycles. The predicted molar refractivity (Wildman–Crippen MR) is 138 cm³/mol. The van der Waals surface area contributed by atoms with Crippen LogP contribution in [0.25, 0.3) is 5.65 Å². The number of nitrogens with zero attached hydrogens (tertiary/aromatic N) is 5. The van der Waals surface area contributed by atoms with E-state index in [1.54, 1.807) is 67.1 Å². The minimum Gasteiger partial charge on any atom is -0.334 e. The lowest BCUT2D eigenvalue weighted by Crippen LogP contribution is -2.28. The Hall–Kier alpha value is -5.19. The fourth-order valence-corrected chi connectivity index (χ4v) is 3.85. The summed E-state index contributed by atoms with van der Waals surface area (Å²) in [5, 5.41) is 16.8. The van der Waals surface area contributed by atoms with Crippen molar-refractivity contribution < 1.29 is 9.59 Å². The van der Waals surface area contributed by atoms with Gasteiger partial charge < -0.3 is 16.0 Å². The van der Waals surface area contributed by atoms with Crippen molar-refractivity contribution in [3.63, 3.8) is 0 Å². The van der Waals surface area contributed by atoms with Crippen LogP contribution >= 0.6 is 0 Å². The second-order valence-electron chi connectivity index (χ2n) is 8.33. The van der Waals surface area contributed by atoms with Crippen LogP contribution in [0.1, 0.15) is 11.1 Å². The number of pyridine rings is 1. The van der Waals surface area contributed by atoms with Gasteiger partial charge in [-0.25, -0.2) is 14.3 Å². The van der Waals surface area contributed by atoms with Crippen molar-refractivity contribution in [1.29, 1.82) is 0 Å². The minimum absolute atomic E-state index is 0.114. The Labute approximate surface area is 211 Å². The van der Waals surface area contributed by atoms with Gasteiger partial charge in [0, 0.05) is 36.5 Å². The van der Waals surface area contributed by atoms with Crippen LogP contribution in [0, 0.1) is 0 Å². The maximum atomic E-state index is 12.5. The topological polar surface area (TPSA) is 127 Å². The molecule has 0 saturated heterocycles. The second-order valence-corrected chi connectivity index (χ2v) is 8.33. The number of benzene rings is 2. The third-order valence-corrected chi connectivity index (χ3v) is 5.53. The predicted octanol–water partition coefficient (Wildman–Crippen LogP) is 2.70. The molecule has 2 aromatic carbocycles. The van der Waals surface area contributed by atoms with Gasteiger partial charge in [0.2, 0.25) is 5.91 Å². The number of hydrogen-bond donors (Lipinski definition) is 3. The van der Waals surface area contributed by atoms with Gasteiger partial charge in [-0.2, -0.15) is 5.10 Å². The number of aromatic nitrogens is 5. The number of urea groups is 1. The van der Waals surface area contributed by atoms with E-state index in [0.29, 0.717) is 17.0 Å². The van der Waals surface area contributed by atoms with E-state index in [4.69, 9.17) is 0 Å². The largest absolute Gasteiger partial charge is 0.350 e. The lowest BCUT2D eigenvalue weighted by molar-refractivity contribution is -0.116. The fourth-order valence-electron chi connectivity index (χ4n) is 3.85. The molecule has 37 heavy (non-hydrogen) atoms. The number of nitrogens with one attached hydrogen (secondary N) is 3. The molecule has 3 aromatic heterocycles. The van der Waals surface area contributed by atoms with E-state index in [-0.39, 0.29) is 37.3 Å². The zero-order valence-electron chi connectivity index (χ0n) is 19.7. The molecule has 5 rings (SSSR count). The lowest BCUT2D eigenvalue weighted by atomic mass is 10.2. The molecule has 0 radical (unpaired) electrons. The van der Waals surface area contributed by atoms with Gasteiger partial charge in [-0.3, -0.25) is 13.9 Å². The molecular weight excluding hydrogens is 472 g/mol. The first kappa shape index (κ1) is 23.5. The molecule has 0 saturated carbocycles. The Morgan fingerprint density at radius 2 is 1.62 bits per heavy atom. The molecule has 11 nitrogen and oxygen atoms in total. The minimum atomic E-state index is -0.379. The number of rotatable bonds is 8. The number of hydrogen-bond acceptors (Lipinski definition) is 5. The molecule has 186 valence electrons. The first-order valence-electron chi connectivity index (χ1n) is 11.6. The molecular formula is C26H24N8O3. The SMILES string of the molecule is O=C(Cn1cccn1)Nc1cccc(CNC(=O)Nc2cccc(Cn3nc4ccccn4c3=O)c2)c1. The van der Waals surface area contributed by atoms with Gasteiger partial charge in [-0.15, -0.1) is 5.10 Å². The van der Waals surface area contributed by atoms with Gasteiger partial charge in [-0.05, 0) is 53.6 Å². The van der Waals surface area contributed by atoms with E-state index in [2.05, 4.69) is 26.1 Å². The summed E-state index contributed by atoms with van der Waals surface area (Å²) >= 11 is 0. The third kappa shape index (κ3) is 5.90. The Kier molecular flexibility index (Phi) is 6.75. The van der Waals surface area contributed by atoms with Crippen LogP contribution in [0.15, 0.2) is 96.2 Å². The normalized spacial score (nSPS) is 10.8. The van der Waals surface area contributed by atoms with Crippen molar-refractivity contribution >= 4 is 29.0 Å². The van der Waals surface area contributed by atoms with E-state index in [9.17, 15) is 14.4 Å². The highest BCUT2D eigenvalue weighted by Crippen LogP contribution is 2.13. The smallest absolute Gasteiger partial charge is 0.334 e. The molecule has 3 amide bonds.